The number of nitrogens with zero attached hydrogens (tertiary/aromatic N) is 2. The van der Waals surface area contributed by atoms with Gasteiger partial charge in [0.25, 0.3) is 5.78 Å². The second-order valence-corrected chi connectivity index (χ2v) is 9.94. The topological polar surface area (TPSA) is 167 Å². The number of halogens is 3. The molecule has 0 saturated heterocycles. The highest BCUT2D eigenvalue weighted by atomic mass is 31.3. The Kier molecular flexibility index (Phi) is 13.2. The zero-order valence-electron chi connectivity index (χ0n) is 18.3. The number of Topliss-reactive ketones (excluding diaryl/α,β-unsaturated/α-hetero) is 1. The van der Waals surface area contributed by atoms with Crippen LogP contribution >= 0.6 is 15.6 Å². The maximum atomic E-state index is 12.5. The van der Waals surface area contributed by atoms with Crippen molar-refractivity contribution in [2.24, 2.45) is 0 Å². The Bertz CT molecular complexity index is 931. The minimum atomic E-state index is -5.16. The molecule has 0 fully saturated rings. The van der Waals surface area contributed by atoms with Gasteiger partial charge in [0.15, 0.2) is 0 Å². The van der Waals surface area contributed by atoms with Crippen molar-refractivity contribution in [1.29, 1.82) is 0 Å². The molecule has 0 spiro atoms. The predicted octanol–water partition coefficient (Wildman–Crippen LogP) is 4.80. The van der Waals surface area contributed by atoms with Gasteiger partial charge in [-0.1, -0.05) is 34.9 Å². The summed E-state index contributed by atoms with van der Waals surface area (Å²) in [6.07, 6.45) is 1.79. The van der Waals surface area contributed by atoms with Gasteiger partial charge < -0.3 is 20.2 Å². The largest absolute Gasteiger partial charge is 0.498 e. The quantitative estimate of drug-likeness (QED) is 0.0969. The molecule has 0 radical (unpaired) electrons. The Balaban J connectivity index is 4.48. The third kappa shape index (κ3) is 15.7. The van der Waals surface area contributed by atoms with Gasteiger partial charge in [0, 0.05) is 6.42 Å². The van der Waals surface area contributed by atoms with Crippen LogP contribution in [0.5, 0.6) is 0 Å². The molecule has 0 rings (SSSR count). The summed E-state index contributed by atoms with van der Waals surface area (Å²) in [6.45, 7) is 4.71. The molecule has 0 aromatic carbocycles. The van der Waals surface area contributed by atoms with E-state index in [1.54, 1.807) is 13.0 Å². The van der Waals surface area contributed by atoms with Crippen molar-refractivity contribution in [3.05, 3.63) is 40.5 Å². The van der Waals surface area contributed by atoms with Crippen LogP contribution < -0.4 is 0 Å². The first-order valence-electron chi connectivity index (χ1n) is 9.50. The number of phosphoric ester groups is 1. The van der Waals surface area contributed by atoms with Crippen molar-refractivity contribution >= 4 is 27.1 Å². The molecular weight excluding hydrogens is 491 g/mol. The summed E-state index contributed by atoms with van der Waals surface area (Å²) < 4.78 is 67.5. The highest BCUT2D eigenvalue weighted by Gasteiger charge is 2.49. The third-order valence-electron chi connectivity index (χ3n) is 4.01. The van der Waals surface area contributed by atoms with E-state index in [0.717, 1.165) is 11.1 Å². The van der Waals surface area contributed by atoms with Gasteiger partial charge in [0.2, 0.25) is 0 Å². The summed E-state index contributed by atoms with van der Waals surface area (Å²) in [5.41, 5.74) is 8.76. The first-order chi connectivity index (χ1) is 15.0. The molecular formula is C18H27F3N2O8P2. The smallest absolute Gasteiger partial charge is 0.361 e. The van der Waals surface area contributed by atoms with E-state index < -0.39 is 39.7 Å². The molecule has 0 aliphatic carbocycles. The summed E-state index contributed by atoms with van der Waals surface area (Å²) >= 11 is 0. The second kappa shape index (κ2) is 13.9. The molecule has 0 aliphatic heterocycles. The summed E-state index contributed by atoms with van der Waals surface area (Å²) in [5, 5.41) is 0. The van der Waals surface area contributed by atoms with Crippen molar-refractivity contribution in [2.45, 2.75) is 59.1 Å². The summed E-state index contributed by atoms with van der Waals surface area (Å²) in [6, 6.07) is 0. The molecule has 15 heteroatoms. The first-order valence-corrected chi connectivity index (χ1v) is 12.5. The minimum absolute atomic E-state index is 0.387. The zero-order chi connectivity index (χ0) is 25.9. The fraction of sp³-hybridized carbons (Fsp3) is 0.556. The number of phosphoric acid groups is 2. The van der Waals surface area contributed by atoms with Crippen molar-refractivity contribution in [3.8, 4) is 0 Å². The van der Waals surface area contributed by atoms with Crippen molar-refractivity contribution in [3.63, 3.8) is 0 Å². The Labute approximate surface area is 189 Å². The van der Waals surface area contributed by atoms with Gasteiger partial charge in [-0.2, -0.15) is 22.3 Å². The molecule has 33 heavy (non-hydrogen) atoms. The number of rotatable bonds is 14. The van der Waals surface area contributed by atoms with Crippen LogP contribution in [-0.2, 0) is 22.8 Å². The molecule has 0 heterocycles. The van der Waals surface area contributed by atoms with Crippen LogP contribution in [0.1, 0.15) is 52.9 Å². The van der Waals surface area contributed by atoms with Crippen molar-refractivity contribution in [2.75, 3.05) is 6.61 Å². The predicted molar refractivity (Wildman–Crippen MR) is 113 cm³/mol. The monoisotopic (exact) mass is 518 g/mol. The fourth-order valence-corrected chi connectivity index (χ4v) is 3.93. The molecule has 1 atom stereocenters. The molecule has 0 amide bonds. The summed E-state index contributed by atoms with van der Waals surface area (Å²) in [4.78, 5) is 39.8. The lowest BCUT2D eigenvalue weighted by molar-refractivity contribution is -0.135. The number of carbonyl (C=O) groups is 1. The Morgan fingerprint density at radius 2 is 1.45 bits per heavy atom. The molecule has 188 valence electrons. The van der Waals surface area contributed by atoms with Gasteiger partial charge in [0.05, 0.1) is 6.61 Å². The van der Waals surface area contributed by atoms with E-state index in [4.69, 9.17) is 20.2 Å². The normalized spacial score (nSPS) is 15.7. The lowest BCUT2D eigenvalue weighted by Crippen LogP contribution is -2.32. The second-order valence-electron chi connectivity index (χ2n) is 7.11. The third-order valence-corrected chi connectivity index (χ3v) is 6.17. The van der Waals surface area contributed by atoms with Gasteiger partial charge in [-0.3, -0.25) is 9.32 Å². The fourth-order valence-electron chi connectivity index (χ4n) is 2.41. The van der Waals surface area contributed by atoms with E-state index in [1.165, 1.54) is 13.0 Å². The molecule has 1 unspecified atom stereocenters. The number of hydrogen-bond acceptors (Lipinski definition) is 5. The molecule has 0 aliphatic rings. The van der Waals surface area contributed by atoms with Crippen LogP contribution in [0.15, 0.2) is 34.9 Å². The lowest BCUT2D eigenvalue weighted by Gasteiger charge is -2.11. The van der Waals surface area contributed by atoms with Gasteiger partial charge in [-0.15, -0.1) is 0 Å². The lowest BCUT2D eigenvalue weighted by atomic mass is 10.0. The zero-order valence-corrected chi connectivity index (χ0v) is 20.1. The van der Waals surface area contributed by atoms with Gasteiger partial charge in [0.1, 0.15) is 0 Å². The highest BCUT2D eigenvalue weighted by molar-refractivity contribution is 7.60. The molecule has 0 bridgehead atoms. The van der Waals surface area contributed by atoms with Crippen LogP contribution in [0.2, 0.25) is 0 Å². The van der Waals surface area contributed by atoms with E-state index in [-0.39, 0.29) is 6.61 Å². The van der Waals surface area contributed by atoms with E-state index in [2.05, 4.69) is 8.83 Å². The van der Waals surface area contributed by atoms with E-state index in [9.17, 15) is 27.1 Å². The van der Waals surface area contributed by atoms with Crippen LogP contribution in [0.25, 0.3) is 5.53 Å². The summed E-state index contributed by atoms with van der Waals surface area (Å²) in [7, 11) is -10.0. The molecule has 10 nitrogen and oxygen atoms in total. The van der Waals surface area contributed by atoms with Crippen LogP contribution in [-0.4, -0.2) is 43.7 Å². The van der Waals surface area contributed by atoms with Crippen molar-refractivity contribution < 1.29 is 55.4 Å². The van der Waals surface area contributed by atoms with E-state index in [0.29, 0.717) is 31.3 Å². The number of hydrogen-bond donors (Lipinski definition) is 3. The number of alkyl halides is 3. The number of allylic oxidation sites excluding steroid dienone is 5. The first kappa shape index (κ1) is 31.3. The molecule has 0 aromatic rings. The Morgan fingerprint density at radius 1 is 0.970 bits per heavy atom. The highest BCUT2D eigenvalue weighted by Crippen LogP contribution is 2.57. The maximum Gasteiger partial charge on any atom is 0.498 e. The summed E-state index contributed by atoms with van der Waals surface area (Å²) in [5.74, 6) is -1.32. The number of ketones is 1. The molecule has 3 N–H and O–H groups in total. The Hall–Kier alpha value is -1.68. The van der Waals surface area contributed by atoms with Crippen LogP contribution in [0.4, 0.5) is 13.2 Å². The molecule has 0 saturated carbocycles. The standard InChI is InChI=1S/C18H27F3N2O8P2/c1-13(7-5-9-15(3)12-16(24)17(23-22)18(19,20)21)6-4-8-14(2)10-11-30-33(28,29)31-32(25,26)27/h6,9-10H,4-5,7-8,11-12H2,1-3H3,(H,28,29)(H2,25,26,27)/b13-6+,14-10+,15-9+. The van der Waals surface area contributed by atoms with E-state index in [1.807, 2.05) is 17.8 Å². The van der Waals surface area contributed by atoms with Crippen molar-refractivity contribution in [1.82, 2.24) is 0 Å². The average Bonchev–Trinajstić information content (AvgIpc) is 2.58. The van der Waals surface area contributed by atoms with Crippen LogP contribution in [0.3, 0.4) is 0 Å². The van der Waals surface area contributed by atoms with E-state index >= 15 is 0 Å². The minimum Gasteiger partial charge on any atom is -0.361 e. The molecule has 0 aromatic heterocycles. The Morgan fingerprint density at radius 3 is 1.91 bits per heavy atom. The maximum absolute atomic E-state index is 12.5. The SMILES string of the molecule is C/C(=C\CC/C(C)=C/COP(=O)(O)OP(=O)(O)O)CC/C=C(\C)CC(=O)C(=[N+]=[N-])C(F)(F)F. The number of carbonyl (C=O) groups excluding carboxylic acids is 1. The van der Waals surface area contributed by atoms with Crippen LogP contribution in [0, 0.1) is 0 Å². The van der Waals surface area contributed by atoms with Gasteiger partial charge in [-0.25, -0.2) is 9.13 Å². The van der Waals surface area contributed by atoms with Gasteiger partial charge in [-0.05, 0) is 46.5 Å². The average molecular weight is 518 g/mol. The van der Waals surface area contributed by atoms with Gasteiger partial charge >= 0.3 is 27.5 Å².